The highest BCUT2D eigenvalue weighted by Crippen LogP contribution is 2.53. The van der Waals surface area contributed by atoms with Gasteiger partial charge in [-0.05, 0) is 233 Å². The number of aryl methyl sites for hydroxylation is 2. The molecular weight excluding hydrogens is 1820 g/mol. The third-order valence-electron chi connectivity index (χ3n) is 29.8. The van der Waals surface area contributed by atoms with Gasteiger partial charge in [0.1, 0.15) is 64.7 Å². The highest BCUT2D eigenvalue weighted by molar-refractivity contribution is 6.33. The molecule has 27 heteroatoms. The van der Waals surface area contributed by atoms with Gasteiger partial charge < -0.3 is 71.3 Å². The van der Waals surface area contributed by atoms with E-state index in [4.69, 9.17) is 49.3 Å². The molecule has 6 saturated carbocycles. The molecule has 15 aromatic rings. The van der Waals surface area contributed by atoms with Crippen LogP contribution >= 0.6 is 23.2 Å². The van der Waals surface area contributed by atoms with E-state index < -0.39 is 23.3 Å². The summed E-state index contributed by atoms with van der Waals surface area (Å²) in [6.07, 6.45) is 30.5. The van der Waals surface area contributed by atoms with Crippen molar-refractivity contribution in [3.63, 3.8) is 0 Å². The number of nitrogens with zero attached hydrogens (tertiary/aromatic N) is 20. The first-order valence-electron chi connectivity index (χ1n) is 49.0. The summed E-state index contributed by atoms with van der Waals surface area (Å²) in [4.78, 5) is 44.8. The van der Waals surface area contributed by atoms with Gasteiger partial charge in [0.25, 0.3) is 0 Å². The van der Waals surface area contributed by atoms with Crippen LogP contribution in [0.2, 0.25) is 10.0 Å². The summed E-state index contributed by atoms with van der Waals surface area (Å²) in [7, 11) is 18.3. The van der Waals surface area contributed by atoms with Gasteiger partial charge in [-0.2, -0.15) is 0 Å². The fourth-order valence-corrected chi connectivity index (χ4v) is 21.0. The fraction of sp³-hybridized carbons (Fsp3) is 0.304. The Hall–Kier alpha value is -14.5. The topological polar surface area (TPSA) is 142 Å². The summed E-state index contributed by atoms with van der Waals surface area (Å²) < 4.78 is 75.3. The first kappa shape index (κ1) is 93.8. The average molecular weight is 1940 g/mol. The number of halogens is 6. The van der Waals surface area contributed by atoms with Crippen LogP contribution in [0.15, 0.2) is 251 Å². The van der Waals surface area contributed by atoms with Gasteiger partial charge in [-0.3, -0.25) is 0 Å². The van der Waals surface area contributed by atoms with Crippen molar-refractivity contribution in [2.24, 2.45) is 7.05 Å². The van der Waals surface area contributed by atoms with Crippen molar-refractivity contribution in [2.75, 3.05) is 102 Å². The molecule has 0 atom stereocenters. The van der Waals surface area contributed by atoms with E-state index in [1.807, 2.05) is 95.8 Å². The summed E-state index contributed by atoms with van der Waals surface area (Å²) in [5.41, 5.74) is 30.4. The molecular formula is C115H116Cl2F4N20O. The number of hydrogen-bond donors (Lipinski definition) is 0. The predicted octanol–water partition coefficient (Wildman–Crippen LogP) is 25.5. The lowest BCUT2D eigenvalue weighted by Crippen LogP contribution is -2.20. The van der Waals surface area contributed by atoms with Crippen LogP contribution in [-0.4, -0.2) is 120 Å². The number of hydrogen-bond acceptors (Lipinski definition) is 15. The van der Waals surface area contributed by atoms with Crippen LogP contribution in [0.1, 0.15) is 187 Å². The van der Waals surface area contributed by atoms with Crippen molar-refractivity contribution in [2.45, 2.75) is 159 Å². The second-order valence-corrected chi connectivity index (χ2v) is 40.2. The third-order valence-corrected chi connectivity index (χ3v) is 30.5. The smallest absolute Gasteiger partial charge is 0.148 e. The van der Waals surface area contributed by atoms with Gasteiger partial charge in [-0.15, -0.1) is 6.42 Å². The Morgan fingerprint density at radius 1 is 0.359 bits per heavy atom. The number of terminal acetylenes is 1. The van der Waals surface area contributed by atoms with Gasteiger partial charge in [-0.25, -0.2) is 47.5 Å². The first-order valence-corrected chi connectivity index (χ1v) is 49.7. The van der Waals surface area contributed by atoms with Crippen LogP contribution in [0.25, 0.3) is 56.1 Å². The number of rotatable bonds is 22. The lowest BCUT2D eigenvalue weighted by molar-refractivity contribution is 0.370. The molecule has 10 aliphatic rings. The molecule has 0 N–H and O–H groups in total. The van der Waals surface area contributed by atoms with Crippen LogP contribution in [-0.2, 0) is 39.8 Å². The molecule has 0 radical (unpaired) electrons. The zero-order valence-electron chi connectivity index (χ0n) is 82.0. The summed E-state index contributed by atoms with van der Waals surface area (Å²) in [5, 5.41) is 1.43. The fourth-order valence-electron chi connectivity index (χ4n) is 20.5. The molecule has 9 aromatic carbocycles. The van der Waals surface area contributed by atoms with Crippen LogP contribution in [0.4, 0.5) is 63.1 Å². The minimum absolute atomic E-state index is 0.222. The summed E-state index contributed by atoms with van der Waals surface area (Å²) in [5.74, 6) is 9.52. The molecule has 0 amide bonds. The van der Waals surface area contributed by atoms with Gasteiger partial charge in [-0.1, -0.05) is 110 Å². The van der Waals surface area contributed by atoms with E-state index in [0.717, 1.165) is 182 Å². The average Bonchev–Trinajstić information content (AvgIpc) is 1.66. The van der Waals surface area contributed by atoms with Crippen molar-refractivity contribution in [1.29, 1.82) is 0 Å². The van der Waals surface area contributed by atoms with Crippen LogP contribution < -0.4 is 43.9 Å². The van der Waals surface area contributed by atoms with E-state index in [-0.39, 0.29) is 17.7 Å². The molecule has 6 aliphatic carbocycles. The second-order valence-electron chi connectivity index (χ2n) is 39.4. The van der Waals surface area contributed by atoms with E-state index >= 15 is 0 Å². The second kappa shape index (κ2) is 38.2. The molecule has 6 aromatic heterocycles. The highest BCUT2D eigenvalue weighted by Gasteiger charge is 2.40. The maximum absolute atomic E-state index is 14.6. The number of aromatic nitrogens is 12. The number of ether oxygens (including phenoxy) is 1. The zero-order chi connectivity index (χ0) is 98.6. The highest BCUT2D eigenvalue weighted by atomic mass is 35.5. The van der Waals surface area contributed by atoms with E-state index in [1.165, 1.54) is 144 Å². The van der Waals surface area contributed by atoms with Crippen molar-refractivity contribution in [3.05, 3.63) is 352 Å². The Balaban J connectivity index is 0.000000105. The molecule has 142 heavy (non-hydrogen) atoms. The maximum Gasteiger partial charge on any atom is 0.148 e. The SMILES string of the molecule is C#CCOc1ccc(Cl)c(-c2ncn(Cc3ccc4c(c3)N(C)C(=C)N4C)c2C2CC2)c1.C=C1N(C)c2ccc(Cn3cnc(-c4cc(F)ccc4F)c3C3CC3)cc2N1C.C=C1N(C)c2ccc(Cn3cnc(C4CC4)c3-c3cc(F)ccc3F)cc2N1C.C=C1N(C)c2ccc(Cn3cnc(C4CCC4)c3C3CC3)cc2N1C.Cc1nc2ccc(Cn3cnc(C4CC4)c3-c3ccccc3Cl)cc2n1C. The summed E-state index contributed by atoms with van der Waals surface area (Å²) in [6, 6.07) is 53.3. The number of imidazole rings is 6. The zero-order valence-corrected chi connectivity index (χ0v) is 83.5. The maximum atomic E-state index is 14.6. The van der Waals surface area contributed by atoms with Crippen LogP contribution in [0.3, 0.4) is 0 Å². The molecule has 25 rings (SSSR count). The van der Waals surface area contributed by atoms with Gasteiger partial charge in [0, 0.05) is 176 Å². The Morgan fingerprint density at radius 3 is 1.17 bits per heavy atom. The first-order chi connectivity index (χ1) is 68.6. The summed E-state index contributed by atoms with van der Waals surface area (Å²) >= 11 is 13.1. The Kier molecular flexibility index (Phi) is 25.2. The van der Waals surface area contributed by atoms with Crippen molar-refractivity contribution in [1.82, 2.24) is 57.3 Å². The van der Waals surface area contributed by atoms with Crippen molar-refractivity contribution >= 4 is 79.7 Å². The number of benzene rings is 9. The minimum atomic E-state index is -0.455. The Bertz CT molecular complexity index is 7550. The van der Waals surface area contributed by atoms with E-state index in [2.05, 4.69) is 241 Å². The van der Waals surface area contributed by atoms with E-state index in [1.54, 1.807) is 12.7 Å². The normalized spacial score (nSPS) is 16.2. The van der Waals surface area contributed by atoms with E-state index in [9.17, 15) is 17.6 Å². The molecule has 0 bridgehead atoms. The van der Waals surface area contributed by atoms with E-state index in [0.29, 0.717) is 58.9 Å². The lowest BCUT2D eigenvalue weighted by Gasteiger charge is -2.25. The van der Waals surface area contributed by atoms with Crippen LogP contribution in [0, 0.1) is 42.5 Å². The molecule has 21 nitrogen and oxygen atoms in total. The number of fused-ring (bicyclic) bond motifs is 5. The standard InChI is InChI=1S/C26H25ClN4O.2C23H22F2N4.C22H21ClN4.C21H26N4/c1-5-12-32-20-9-10-22(27)21(14-20)25-26(19-7-8-19)31(16-28-25)15-18-6-11-23-24(13-18)30(4)17(2)29(23)3;1-14-27(2)20-9-4-15(10-21(20)28(14)3)12-29-13-26-22(23(29)16-5-6-16)18-11-17(24)7-8-19(18)25;1-14-27(2)20-9-4-15(10-21(20)28(14)3)12-29-13-26-22(16-5-6-16)23(29)18-11-17(24)7-8-19(18)25;1-14-25-19-10-7-15(11-20(19)26(14)2)12-27-13-24-21(16-8-9-16)22(27)17-5-3-4-6-18(17)23;1-14-23(2)18-10-7-15(11-19(18)24(14)3)12-25-13-22-20(16-5-4-6-16)21(25)17-8-9-17/h1,6,9-11,13-14,16,19H,2,7-8,12,15H2,3-4H3;2*4,7-11,13,16H,1,5-6,12H2,2-3H3;3-7,10-11,13,16H,8-9,12H2,1-2H3;7,10-11,13,16-17H,1,4-6,8-9,12H2,2-3H3. The molecule has 0 unspecified atom stereocenters. The number of anilines is 8. The van der Waals surface area contributed by atoms with Gasteiger partial charge >= 0.3 is 0 Å². The minimum Gasteiger partial charge on any atom is -0.481 e. The van der Waals surface area contributed by atoms with Crippen molar-refractivity contribution < 1.29 is 22.3 Å². The van der Waals surface area contributed by atoms with Crippen molar-refractivity contribution in [3.8, 4) is 63.1 Å². The predicted molar refractivity (Wildman–Crippen MR) is 564 cm³/mol. The molecule has 6 fully saturated rings. The summed E-state index contributed by atoms with van der Waals surface area (Å²) in [6.45, 7) is 22.4. The molecule has 0 saturated heterocycles. The van der Waals surface area contributed by atoms with Gasteiger partial charge in [0.05, 0.1) is 133 Å². The van der Waals surface area contributed by atoms with Crippen LogP contribution in [0.5, 0.6) is 5.75 Å². The van der Waals surface area contributed by atoms with Gasteiger partial charge in [0.15, 0.2) is 0 Å². The lowest BCUT2D eigenvalue weighted by atomic mass is 9.81. The Labute approximate surface area is 837 Å². The quantitative estimate of drug-likeness (QED) is 0.0469. The molecule has 724 valence electrons. The molecule has 0 spiro atoms. The molecule has 10 heterocycles. The third kappa shape index (κ3) is 18.3. The molecule has 4 aliphatic heterocycles. The monoisotopic (exact) mass is 1940 g/mol. The Morgan fingerprint density at radius 2 is 0.725 bits per heavy atom. The van der Waals surface area contributed by atoms with Gasteiger partial charge in [0.2, 0.25) is 0 Å². The largest absolute Gasteiger partial charge is 0.481 e.